The van der Waals surface area contributed by atoms with Crippen molar-refractivity contribution in [1.29, 1.82) is 0 Å². The van der Waals surface area contributed by atoms with E-state index < -0.39 is 0 Å². The number of piperazine rings is 1. The van der Waals surface area contributed by atoms with Crippen molar-refractivity contribution in [1.82, 2.24) is 14.7 Å². The summed E-state index contributed by atoms with van der Waals surface area (Å²) in [5.74, 6) is 0.810. The molecule has 0 unspecified atom stereocenters. The standard InChI is InChI=1S/C15H31N3/c1-4-6-16-8-10-18(11-9-16)15-5-7-17(13-15)12-14(2)3/h14-15H,4-13H2,1-3H3/t15-/m0/s1. The van der Waals surface area contributed by atoms with E-state index in [0.29, 0.717) is 0 Å². The van der Waals surface area contributed by atoms with Crippen LogP contribution in [0.1, 0.15) is 33.6 Å². The van der Waals surface area contributed by atoms with E-state index in [9.17, 15) is 0 Å². The Kier molecular flexibility index (Phi) is 5.46. The van der Waals surface area contributed by atoms with Crippen LogP contribution in [0.25, 0.3) is 0 Å². The Balaban J connectivity index is 1.71. The van der Waals surface area contributed by atoms with Gasteiger partial charge in [0.1, 0.15) is 0 Å². The molecule has 2 aliphatic heterocycles. The normalized spacial score (nSPS) is 28.3. The molecule has 3 heteroatoms. The van der Waals surface area contributed by atoms with Crippen LogP contribution < -0.4 is 0 Å². The lowest BCUT2D eigenvalue weighted by molar-refractivity contribution is 0.0971. The van der Waals surface area contributed by atoms with E-state index in [0.717, 1.165) is 12.0 Å². The maximum absolute atomic E-state index is 2.74. The van der Waals surface area contributed by atoms with Crippen molar-refractivity contribution in [3.05, 3.63) is 0 Å². The molecule has 0 aromatic heterocycles. The highest BCUT2D eigenvalue weighted by Gasteiger charge is 2.29. The van der Waals surface area contributed by atoms with Gasteiger partial charge in [-0.3, -0.25) is 4.90 Å². The molecule has 2 aliphatic rings. The maximum Gasteiger partial charge on any atom is 0.0236 e. The highest BCUT2D eigenvalue weighted by molar-refractivity contribution is 4.86. The van der Waals surface area contributed by atoms with Crippen LogP contribution in [-0.4, -0.2) is 73.1 Å². The molecule has 0 aromatic carbocycles. The number of rotatable bonds is 5. The highest BCUT2D eigenvalue weighted by Crippen LogP contribution is 2.18. The van der Waals surface area contributed by atoms with Gasteiger partial charge in [0.15, 0.2) is 0 Å². The Labute approximate surface area is 113 Å². The topological polar surface area (TPSA) is 9.72 Å². The van der Waals surface area contributed by atoms with E-state index in [4.69, 9.17) is 0 Å². The minimum Gasteiger partial charge on any atom is -0.301 e. The van der Waals surface area contributed by atoms with Gasteiger partial charge in [0, 0.05) is 45.3 Å². The summed E-state index contributed by atoms with van der Waals surface area (Å²) in [5.41, 5.74) is 0. The molecule has 106 valence electrons. The zero-order chi connectivity index (χ0) is 13.0. The average molecular weight is 253 g/mol. The summed E-state index contributed by atoms with van der Waals surface area (Å²) >= 11 is 0. The minimum atomic E-state index is 0.810. The Morgan fingerprint density at radius 2 is 1.72 bits per heavy atom. The molecule has 1 atom stereocenters. The first-order valence-corrected chi connectivity index (χ1v) is 7.87. The predicted octanol–water partition coefficient (Wildman–Crippen LogP) is 1.74. The molecule has 2 rings (SSSR count). The molecule has 0 aliphatic carbocycles. The first-order chi connectivity index (χ1) is 8.69. The SMILES string of the molecule is CCCN1CCN([C@H]2CCN(CC(C)C)C2)CC1. The second-order valence-electron chi connectivity index (χ2n) is 6.47. The monoisotopic (exact) mass is 253 g/mol. The van der Waals surface area contributed by atoms with E-state index in [1.54, 1.807) is 0 Å². The maximum atomic E-state index is 2.74. The lowest BCUT2D eigenvalue weighted by Gasteiger charge is -2.38. The third-order valence-corrected chi connectivity index (χ3v) is 4.33. The second-order valence-corrected chi connectivity index (χ2v) is 6.47. The fourth-order valence-electron chi connectivity index (χ4n) is 3.46. The van der Waals surface area contributed by atoms with Gasteiger partial charge in [-0.1, -0.05) is 20.8 Å². The fourth-order valence-corrected chi connectivity index (χ4v) is 3.46. The Bertz CT molecular complexity index is 234. The van der Waals surface area contributed by atoms with Crippen molar-refractivity contribution in [2.24, 2.45) is 5.92 Å². The Hall–Kier alpha value is -0.120. The van der Waals surface area contributed by atoms with Crippen molar-refractivity contribution in [2.45, 2.75) is 39.7 Å². The average Bonchev–Trinajstić information content (AvgIpc) is 2.78. The van der Waals surface area contributed by atoms with Crippen LogP contribution in [0.5, 0.6) is 0 Å². The minimum absolute atomic E-state index is 0.810. The lowest BCUT2D eigenvalue weighted by atomic mass is 10.2. The van der Waals surface area contributed by atoms with Crippen LogP contribution in [0.4, 0.5) is 0 Å². The summed E-state index contributed by atoms with van der Waals surface area (Å²) < 4.78 is 0. The van der Waals surface area contributed by atoms with Crippen molar-refractivity contribution >= 4 is 0 Å². The summed E-state index contributed by atoms with van der Waals surface area (Å²) in [6, 6.07) is 0.840. The zero-order valence-electron chi connectivity index (χ0n) is 12.6. The van der Waals surface area contributed by atoms with Crippen molar-refractivity contribution in [2.75, 3.05) is 52.4 Å². The molecule has 2 heterocycles. The quantitative estimate of drug-likeness (QED) is 0.739. The Morgan fingerprint density at radius 1 is 1.00 bits per heavy atom. The molecule has 0 amide bonds. The largest absolute Gasteiger partial charge is 0.301 e. The smallest absolute Gasteiger partial charge is 0.0236 e. The van der Waals surface area contributed by atoms with Crippen LogP contribution >= 0.6 is 0 Å². The van der Waals surface area contributed by atoms with Crippen molar-refractivity contribution in [3.63, 3.8) is 0 Å². The lowest BCUT2D eigenvalue weighted by Crippen LogP contribution is -2.51. The van der Waals surface area contributed by atoms with Gasteiger partial charge in [-0.2, -0.15) is 0 Å². The van der Waals surface area contributed by atoms with E-state index in [-0.39, 0.29) is 0 Å². The fraction of sp³-hybridized carbons (Fsp3) is 1.00. The van der Waals surface area contributed by atoms with Gasteiger partial charge < -0.3 is 9.80 Å². The molecular weight excluding hydrogens is 222 g/mol. The molecule has 0 radical (unpaired) electrons. The molecule has 0 spiro atoms. The van der Waals surface area contributed by atoms with E-state index >= 15 is 0 Å². The van der Waals surface area contributed by atoms with Crippen LogP contribution in [-0.2, 0) is 0 Å². The summed E-state index contributed by atoms with van der Waals surface area (Å²) in [6.45, 7) is 17.3. The third-order valence-electron chi connectivity index (χ3n) is 4.33. The van der Waals surface area contributed by atoms with Crippen molar-refractivity contribution in [3.8, 4) is 0 Å². The predicted molar refractivity (Wildman–Crippen MR) is 78.0 cm³/mol. The van der Waals surface area contributed by atoms with E-state index in [1.807, 2.05) is 0 Å². The van der Waals surface area contributed by atoms with Gasteiger partial charge in [0.05, 0.1) is 0 Å². The molecule has 2 saturated heterocycles. The van der Waals surface area contributed by atoms with Crippen LogP contribution in [0, 0.1) is 5.92 Å². The van der Waals surface area contributed by atoms with E-state index in [2.05, 4.69) is 35.5 Å². The van der Waals surface area contributed by atoms with Gasteiger partial charge in [0.2, 0.25) is 0 Å². The molecule has 0 saturated carbocycles. The van der Waals surface area contributed by atoms with Gasteiger partial charge in [-0.25, -0.2) is 0 Å². The van der Waals surface area contributed by atoms with Gasteiger partial charge >= 0.3 is 0 Å². The first kappa shape index (κ1) is 14.3. The van der Waals surface area contributed by atoms with Crippen molar-refractivity contribution < 1.29 is 0 Å². The van der Waals surface area contributed by atoms with Gasteiger partial charge in [-0.05, 0) is 31.8 Å². The van der Waals surface area contributed by atoms with Crippen LogP contribution in [0.2, 0.25) is 0 Å². The molecule has 2 fully saturated rings. The summed E-state index contributed by atoms with van der Waals surface area (Å²) in [4.78, 5) is 8.03. The second kappa shape index (κ2) is 6.88. The summed E-state index contributed by atoms with van der Waals surface area (Å²) in [5, 5.41) is 0. The van der Waals surface area contributed by atoms with Crippen LogP contribution in [0.3, 0.4) is 0 Å². The third kappa shape index (κ3) is 3.94. The summed E-state index contributed by atoms with van der Waals surface area (Å²) in [7, 11) is 0. The highest BCUT2D eigenvalue weighted by atomic mass is 15.3. The number of hydrogen-bond donors (Lipinski definition) is 0. The van der Waals surface area contributed by atoms with Gasteiger partial charge in [-0.15, -0.1) is 0 Å². The Morgan fingerprint density at radius 3 is 2.33 bits per heavy atom. The number of likely N-dealkylation sites (tertiary alicyclic amines) is 1. The molecule has 0 N–H and O–H groups in total. The molecule has 0 bridgehead atoms. The zero-order valence-corrected chi connectivity index (χ0v) is 12.6. The molecule has 18 heavy (non-hydrogen) atoms. The molecular formula is C15H31N3. The van der Waals surface area contributed by atoms with Crippen LogP contribution in [0.15, 0.2) is 0 Å². The van der Waals surface area contributed by atoms with Gasteiger partial charge in [0.25, 0.3) is 0 Å². The molecule has 0 aromatic rings. The number of hydrogen-bond acceptors (Lipinski definition) is 3. The summed E-state index contributed by atoms with van der Waals surface area (Å²) in [6.07, 6.45) is 2.69. The first-order valence-electron chi connectivity index (χ1n) is 7.87. The van der Waals surface area contributed by atoms with E-state index in [1.165, 1.54) is 65.2 Å². The molecule has 3 nitrogen and oxygen atoms in total. The number of nitrogens with zero attached hydrogens (tertiary/aromatic N) is 3.